The highest BCUT2D eigenvalue weighted by Crippen LogP contribution is 2.49. The number of hydrogen-bond acceptors (Lipinski definition) is 3. The fourth-order valence-electron chi connectivity index (χ4n) is 9.17. The van der Waals surface area contributed by atoms with Crippen molar-refractivity contribution in [1.29, 1.82) is 0 Å². The summed E-state index contributed by atoms with van der Waals surface area (Å²) in [5, 5.41) is 6.88. The standard InChI is InChI=1S/C51H32N4O/c1-3-39-44(34-18-8-7-15-30(34)2)38-29-42-45(46-36-20-10-12-22-40(36)54(39)49(38)46)35-19-9-13-23-41(35)55(42)51-52-47(50-48(53-51)37-21-11-14-24-43(37)56-50)33-27-25-32(26-28-33)31-16-5-4-6-17-31/h3-29H,1H2,2H3. The summed E-state index contributed by atoms with van der Waals surface area (Å²) in [6.45, 7) is 6.56. The van der Waals surface area contributed by atoms with Crippen LogP contribution in [0.1, 0.15) is 11.3 Å². The number of nitrogens with zero attached hydrogens (tertiary/aromatic N) is 4. The quantitative estimate of drug-likeness (QED) is 0.178. The molecule has 5 heterocycles. The number of benzene rings is 7. The molecular weight excluding hydrogens is 685 g/mol. The van der Waals surface area contributed by atoms with Crippen molar-refractivity contribution in [2.45, 2.75) is 6.92 Å². The molecule has 0 fully saturated rings. The minimum Gasteiger partial charge on any atom is -0.452 e. The molecule has 0 spiro atoms. The van der Waals surface area contributed by atoms with Crippen LogP contribution >= 0.6 is 0 Å². The normalized spacial score (nSPS) is 12.1. The Bertz CT molecular complexity index is 3550. The molecule has 0 radical (unpaired) electrons. The van der Waals surface area contributed by atoms with Gasteiger partial charge in [-0.15, -0.1) is 0 Å². The number of rotatable bonds is 5. The Kier molecular flexibility index (Phi) is 6.35. The first-order chi connectivity index (χ1) is 27.7. The van der Waals surface area contributed by atoms with E-state index < -0.39 is 0 Å². The first kappa shape index (κ1) is 30.9. The average molecular weight is 717 g/mol. The lowest BCUT2D eigenvalue weighted by molar-refractivity contribution is 0.666. The summed E-state index contributed by atoms with van der Waals surface area (Å²) in [6.07, 6.45) is 2.01. The summed E-state index contributed by atoms with van der Waals surface area (Å²) in [5.41, 5.74) is 15.4. The highest BCUT2D eigenvalue weighted by atomic mass is 16.3. The third-order valence-electron chi connectivity index (χ3n) is 11.6. The minimum absolute atomic E-state index is 0.594. The van der Waals surface area contributed by atoms with Crippen LogP contribution < -0.4 is 0 Å². The minimum atomic E-state index is 0.594. The summed E-state index contributed by atoms with van der Waals surface area (Å²) in [7, 11) is 0. The zero-order valence-electron chi connectivity index (χ0n) is 30.5. The molecule has 0 aliphatic carbocycles. The van der Waals surface area contributed by atoms with Crippen LogP contribution in [-0.2, 0) is 0 Å². The van der Waals surface area contributed by atoms with E-state index in [0.717, 1.165) is 60.9 Å². The Morgan fingerprint density at radius 3 is 2.00 bits per heavy atom. The summed E-state index contributed by atoms with van der Waals surface area (Å²) >= 11 is 0. The van der Waals surface area contributed by atoms with Gasteiger partial charge in [-0.2, -0.15) is 0 Å². The van der Waals surface area contributed by atoms with Gasteiger partial charge in [0.2, 0.25) is 5.95 Å². The van der Waals surface area contributed by atoms with Crippen molar-refractivity contribution >= 4 is 77.1 Å². The molecule has 56 heavy (non-hydrogen) atoms. The van der Waals surface area contributed by atoms with Crippen LogP contribution in [0.15, 0.2) is 169 Å². The second-order valence-corrected chi connectivity index (χ2v) is 14.6. The van der Waals surface area contributed by atoms with E-state index in [0.29, 0.717) is 11.5 Å². The van der Waals surface area contributed by atoms with E-state index >= 15 is 0 Å². The van der Waals surface area contributed by atoms with Crippen molar-refractivity contribution in [2.75, 3.05) is 0 Å². The molecule has 0 unspecified atom stereocenters. The molecule has 0 amide bonds. The number of hydrogen-bond donors (Lipinski definition) is 0. The second kappa shape index (κ2) is 11.5. The average Bonchev–Trinajstić information content (AvgIpc) is 3.99. The summed E-state index contributed by atoms with van der Waals surface area (Å²) in [5.74, 6) is 0.594. The molecule has 12 aromatic rings. The molecule has 262 valence electrons. The van der Waals surface area contributed by atoms with Crippen molar-refractivity contribution in [3.63, 3.8) is 0 Å². The number of aromatic nitrogens is 4. The van der Waals surface area contributed by atoms with Crippen LogP contribution in [0.4, 0.5) is 0 Å². The zero-order valence-corrected chi connectivity index (χ0v) is 30.5. The predicted molar refractivity (Wildman–Crippen MR) is 232 cm³/mol. The molecule has 0 aliphatic heterocycles. The second-order valence-electron chi connectivity index (χ2n) is 14.6. The lowest BCUT2D eigenvalue weighted by atomic mass is 9.95. The van der Waals surface area contributed by atoms with Gasteiger partial charge < -0.3 is 8.82 Å². The van der Waals surface area contributed by atoms with Crippen LogP contribution in [0.25, 0.3) is 117 Å². The van der Waals surface area contributed by atoms with Gasteiger partial charge in [-0.25, -0.2) is 9.97 Å². The van der Waals surface area contributed by atoms with Crippen molar-refractivity contribution in [2.24, 2.45) is 0 Å². The van der Waals surface area contributed by atoms with E-state index in [4.69, 9.17) is 14.4 Å². The van der Waals surface area contributed by atoms with Crippen molar-refractivity contribution in [1.82, 2.24) is 18.9 Å². The third kappa shape index (κ3) is 4.14. The largest absolute Gasteiger partial charge is 0.452 e. The molecule has 0 bridgehead atoms. The van der Waals surface area contributed by atoms with Gasteiger partial charge in [-0.05, 0) is 65.6 Å². The van der Waals surface area contributed by atoms with E-state index in [-0.39, 0.29) is 0 Å². The zero-order chi connectivity index (χ0) is 37.1. The molecule has 5 aromatic heterocycles. The van der Waals surface area contributed by atoms with Gasteiger partial charge in [0.15, 0.2) is 5.58 Å². The summed E-state index contributed by atoms with van der Waals surface area (Å²) in [4.78, 5) is 10.9. The Hall–Kier alpha value is -7.50. The maximum atomic E-state index is 6.58. The number of furan rings is 1. The molecule has 0 aliphatic rings. The Morgan fingerprint density at radius 2 is 1.21 bits per heavy atom. The van der Waals surface area contributed by atoms with Gasteiger partial charge in [-0.1, -0.05) is 134 Å². The van der Waals surface area contributed by atoms with Gasteiger partial charge >= 0.3 is 0 Å². The first-order valence-electron chi connectivity index (χ1n) is 19.0. The van der Waals surface area contributed by atoms with Crippen LogP contribution in [0.3, 0.4) is 0 Å². The number of para-hydroxylation sites is 3. The fourth-order valence-corrected chi connectivity index (χ4v) is 9.17. The third-order valence-corrected chi connectivity index (χ3v) is 11.6. The predicted octanol–water partition coefficient (Wildman–Crippen LogP) is 13.4. The van der Waals surface area contributed by atoms with E-state index in [2.05, 4.69) is 156 Å². The Labute approximate surface area is 321 Å². The van der Waals surface area contributed by atoms with E-state index in [1.807, 2.05) is 30.3 Å². The fraction of sp³-hybridized carbons (Fsp3) is 0.0196. The lowest BCUT2D eigenvalue weighted by Crippen LogP contribution is -2.03. The maximum Gasteiger partial charge on any atom is 0.236 e. The van der Waals surface area contributed by atoms with Crippen LogP contribution in [-0.4, -0.2) is 18.9 Å². The van der Waals surface area contributed by atoms with E-state index in [1.165, 1.54) is 49.3 Å². The highest BCUT2D eigenvalue weighted by molar-refractivity contribution is 6.34. The van der Waals surface area contributed by atoms with Crippen LogP contribution in [0.5, 0.6) is 0 Å². The molecule has 12 rings (SSSR count). The SMILES string of the molecule is C=Cc1c(-c2ccccc2C)c2cc3c(c4ccccc4n3-c3nc(-c4ccc(-c5ccccc5)cc4)c4oc5ccccc5c4n3)c3c4ccccc4n1c23. The molecule has 7 aromatic carbocycles. The van der Waals surface area contributed by atoms with E-state index in [9.17, 15) is 0 Å². The molecule has 0 N–H and O–H groups in total. The van der Waals surface area contributed by atoms with Gasteiger partial charge in [0.25, 0.3) is 0 Å². The molecule has 0 saturated heterocycles. The topological polar surface area (TPSA) is 48.3 Å². The van der Waals surface area contributed by atoms with Gasteiger partial charge in [0.1, 0.15) is 16.8 Å². The molecule has 5 nitrogen and oxygen atoms in total. The number of aryl methyl sites for hydroxylation is 1. The Balaban J connectivity index is 1.23. The molecule has 0 atom stereocenters. The molecular formula is C51H32N4O. The molecule has 5 heteroatoms. The van der Waals surface area contributed by atoms with Crippen molar-refractivity contribution in [3.05, 3.63) is 176 Å². The van der Waals surface area contributed by atoms with Crippen LogP contribution in [0, 0.1) is 6.92 Å². The number of fused-ring (bicyclic) bond motifs is 10. The summed E-state index contributed by atoms with van der Waals surface area (Å²) < 4.78 is 11.3. The van der Waals surface area contributed by atoms with Gasteiger partial charge in [0, 0.05) is 43.4 Å². The molecule has 0 saturated carbocycles. The summed E-state index contributed by atoms with van der Waals surface area (Å²) in [6, 6.07) is 55.6. The van der Waals surface area contributed by atoms with E-state index in [1.54, 1.807) is 0 Å². The van der Waals surface area contributed by atoms with Crippen molar-refractivity contribution in [3.8, 4) is 39.5 Å². The Morgan fingerprint density at radius 1 is 0.571 bits per heavy atom. The van der Waals surface area contributed by atoms with Crippen LogP contribution in [0.2, 0.25) is 0 Å². The highest BCUT2D eigenvalue weighted by Gasteiger charge is 2.28. The lowest BCUT2D eigenvalue weighted by Gasteiger charge is -2.11. The monoisotopic (exact) mass is 716 g/mol. The maximum absolute atomic E-state index is 6.58. The van der Waals surface area contributed by atoms with Gasteiger partial charge in [-0.3, -0.25) is 4.57 Å². The van der Waals surface area contributed by atoms with Gasteiger partial charge in [0.05, 0.1) is 27.8 Å². The van der Waals surface area contributed by atoms with Crippen molar-refractivity contribution < 1.29 is 4.42 Å². The first-order valence-corrected chi connectivity index (χ1v) is 19.0. The smallest absolute Gasteiger partial charge is 0.236 e.